The van der Waals surface area contributed by atoms with Gasteiger partial charge in [-0.3, -0.25) is 0 Å². The van der Waals surface area contributed by atoms with Crippen molar-refractivity contribution in [1.82, 2.24) is 0 Å². The van der Waals surface area contributed by atoms with Gasteiger partial charge in [-0.1, -0.05) is 0 Å². The van der Waals surface area contributed by atoms with Crippen molar-refractivity contribution in [3.05, 3.63) is 18.1 Å². The van der Waals surface area contributed by atoms with E-state index in [1.807, 2.05) is 0 Å². The zero-order valence-electron chi connectivity index (χ0n) is 5.11. The number of halogens is 1. The van der Waals surface area contributed by atoms with E-state index in [0.29, 0.717) is 0 Å². The van der Waals surface area contributed by atoms with Gasteiger partial charge in [0.2, 0.25) is 5.76 Å². The van der Waals surface area contributed by atoms with E-state index in [1.165, 1.54) is 6.07 Å². The molecule has 1 rings (SSSR count). The van der Waals surface area contributed by atoms with Gasteiger partial charge in [0.15, 0.2) is 4.90 Å². The molecule has 0 N–H and O–H groups in total. The van der Waals surface area contributed by atoms with E-state index in [2.05, 4.69) is 4.42 Å². The molecule has 1 heterocycles. The van der Waals surface area contributed by atoms with Gasteiger partial charge in [0, 0.05) is 0 Å². The third-order valence-electron chi connectivity index (χ3n) is 0.993. The van der Waals surface area contributed by atoms with Crippen LogP contribution in [0.5, 0.6) is 0 Å². The normalized spacial score (nSPS) is 10.9. The van der Waals surface area contributed by atoms with Gasteiger partial charge in [-0.05, 0) is 6.07 Å². The summed E-state index contributed by atoms with van der Waals surface area (Å²) in [6.45, 7) is 0. The number of nitriles is 1. The molecule has 0 unspecified atom stereocenters. The van der Waals surface area contributed by atoms with Gasteiger partial charge in [0.05, 0.1) is 6.26 Å². The van der Waals surface area contributed by atoms with Crippen LogP contribution in [0.15, 0.2) is 21.6 Å². The topological polar surface area (TPSA) is 71.1 Å². The summed E-state index contributed by atoms with van der Waals surface area (Å²) < 4.78 is 36.9. The zero-order valence-corrected chi connectivity index (χ0v) is 5.93. The Kier molecular flexibility index (Phi) is 1.66. The highest BCUT2D eigenvalue weighted by atomic mass is 32.3. The average Bonchev–Trinajstić information content (AvgIpc) is 2.31. The van der Waals surface area contributed by atoms with Gasteiger partial charge in [0.25, 0.3) is 0 Å². The molecule has 0 aliphatic rings. The molecular weight excluding hydrogens is 173 g/mol. The first-order valence-corrected chi connectivity index (χ1v) is 3.86. The molecule has 0 aliphatic heterocycles. The summed E-state index contributed by atoms with van der Waals surface area (Å²) in [5.41, 5.74) is 0. The van der Waals surface area contributed by atoms with Crippen LogP contribution in [0.1, 0.15) is 5.76 Å². The molecule has 1 aromatic rings. The van der Waals surface area contributed by atoms with Crippen molar-refractivity contribution in [2.75, 3.05) is 0 Å². The first-order chi connectivity index (χ1) is 5.05. The SMILES string of the molecule is N#Cc1occc1S(=O)(=O)F. The lowest BCUT2D eigenvalue weighted by atomic mass is 10.5. The van der Waals surface area contributed by atoms with E-state index < -0.39 is 20.9 Å². The fourth-order valence-electron chi connectivity index (χ4n) is 0.571. The maximum atomic E-state index is 12.2. The molecule has 0 saturated carbocycles. The fraction of sp³-hybridized carbons (Fsp3) is 0. The van der Waals surface area contributed by atoms with E-state index in [1.54, 1.807) is 0 Å². The lowest BCUT2D eigenvalue weighted by Gasteiger charge is -1.84. The predicted octanol–water partition coefficient (Wildman–Crippen LogP) is 0.809. The largest absolute Gasteiger partial charge is 0.452 e. The quantitative estimate of drug-likeness (QED) is 0.592. The summed E-state index contributed by atoms with van der Waals surface area (Å²) in [6, 6.07) is 2.28. The lowest BCUT2D eigenvalue weighted by Crippen LogP contribution is -1.91. The summed E-state index contributed by atoms with van der Waals surface area (Å²) in [5, 5.41) is 8.20. The van der Waals surface area contributed by atoms with Crippen LogP contribution in [-0.2, 0) is 10.2 Å². The minimum atomic E-state index is -4.82. The van der Waals surface area contributed by atoms with Gasteiger partial charge in [-0.2, -0.15) is 13.7 Å². The Hall–Kier alpha value is -1.35. The van der Waals surface area contributed by atoms with Gasteiger partial charge >= 0.3 is 10.2 Å². The molecule has 11 heavy (non-hydrogen) atoms. The van der Waals surface area contributed by atoms with E-state index >= 15 is 0 Å². The van der Waals surface area contributed by atoms with Crippen molar-refractivity contribution >= 4 is 10.2 Å². The number of furan rings is 1. The average molecular weight is 175 g/mol. The third-order valence-corrected chi connectivity index (χ3v) is 1.84. The van der Waals surface area contributed by atoms with E-state index in [4.69, 9.17) is 5.26 Å². The van der Waals surface area contributed by atoms with Crippen LogP contribution in [0.4, 0.5) is 3.89 Å². The molecule has 58 valence electrons. The van der Waals surface area contributed by atoms with Crippen LogP contribution >= 0.6 is 0 Å². The van der Waals surface area contributed by atoms with Crippen LogP contribution < -0.4 is 0 Å². The molecule has 0 bridgehead atoms. The van der Waals surface area contributed by atoms with Gasteiger partial charge < -0.3 is 4.42 Å². The molecule has 6 heteroatoms. The van der Waals surface area contributed by atoms with Crippen LogP contribution in [-0.4, -0.2) is 8.42 Å². The molecule has 0 amide bonds. The van der Waals surface area contributed by atoms with Gasteiger partial charge in [-0.15, -0.1) is 3.89 Å². The Bertz CT molecular complexity index is 400. The second kappa shape index (κ2) is 2.36. The minimum Gasteiger partial charge on any atom is -0.452 e. The Balaban J connectivity index is 3.39. The van der Waals surface area contributed by atoms with Crippen molar-refractivity contribution in [2.24, 2.45) is 0 Å². The van der Waals surface area contributed by atoms with Gasteiger partial charge in [-0.25, -0.2) is 0 Å². The third kappa shape index (κ3) is 1.38. The highest BCUT2D eigenvalue weighted by Gasteiger charge is 2.19. The molecule has 0 aromatic carbocycles. The van der Waals surface area contributed by atoms with E-state index in [-0.39, 0.29) is 0 Å². The number of hydrogen-bond donors (Lipinski definition) is 0. The molecule has 4 nitrogen and oxygen atoms in total. The van der Waals surface area contributed by atoms with Crippen molar-refractivity contribution < 1.29 is 16.7 Å². The summed E-state index contributed by atoms with van der Waals surface area (Å²) in [6.07, 6.45) is 0.936. The fourth-order valence-corrected chi connectivity index (χ4v) is 1.10. The highest BCUT2D eigenvalue weighted by molar-refractivity contribution is 7.86. The van der Waals surface area contributed by atoms with E-state index in [9.17, 15) is 12.3 Å². The predicted molar refractivity (Wildman–Crippen MR) is 31.7 cm³/mol. The Morgan fingerprint density at radius 3 is 2.64 bits per heavy atom. The summed E-state index contributed by atoms with van der Waals surface area (Å²) in [4.78, 5) is -0.722. The van der Waals surface area contributed by atoms with Crippen molar-refractivity contribution in [3.8, 4) is 6.07 Å². The zero-order chi connectivity index (χ0) is 8.48. The smallest absolute Gasteiger partial charge is 0.336 e. The second-order valence-corrected chi connectivity index (χ2v) is 2.98. The van der Waals surface area contributed by atoms with Crippen molar-refractivity contribution in [1.29, 1.82) is 5.26 Å². The monoisotopic (exact) mass is 175 g/mol. The molecule has 0 fully saturated rings. The van der Waals surface area contributed by atoms with Crippen LogP contribution in [0.25, 0.3) is 0 Å². The highest BCUT2D eigenvalue weighted by Crippen LogP contribution is 2.17. The number of hydrogen-bond acceptors (Lipinski definition) is 4. The standard InChI is InChI=1S/C5H2FNO3S/c6-11(8,9)5-1-2-10-4(5)3-7/h1-2H. The van der Waals surface area contributed by atoms with Crippen molar-refractivity contribution in [2.45, 2.75) is 4.90 Å². The summed E-state index contributed by atoms with van der Waals surface area (Å²) >= 11 is 0. The number of rotatable bonds is 1. The maximum absolute atomic E-state index is 12.2. The van der Waals surface area contributed by atoms with Crippen LogP contribution in [0.2, 0.25) is 0 Å². The first kappa shape index (κ1) is 7.75. The second-order valence-electron chi connectivity index (χ2n) is 1.66. The van der Waals surface area contributed by atoms with E-state index in [0.717, 1.165) is 12.3 Å². The Morgan fingerprint density at radius 1 is 1.64 bits per heavy atom. The van der Waals surface area contributed by atoms with Crippen LogP contribution in [0.3, 0.4) is 0 Å². The first-order valence-electron chi connectivity index (χ1n) is 2.48. The van der Waals surface area contributed by atoms with Gasteiger partial charge in [0.1, 0.15) is 6.07 Å². The Labute approximate surface area is 62.1 Å². The molecule has 0 aliphatic carbocycles. The van der Waals surface area contributed by atoms with Crippen LogP contribution in [0, 0.1) is 11.3 Å². The molecule has 0 spiro atoms. The molecule has 0 atom stereocenters. The lowest BCUT2D eigenvalue weighted by molar-refractivity contribution is 0.530. The molecule has 1 aromatic heterocycles. The number of nitrogens with zero attached hydrogens (tertiary/aromatic N) is 1. The summed E-state index contributed by atoms with van der Waals surface area (Å²) in [7, 11) is -4.82. The molecule has 0 radical (unpaired) electrons. The Morgan fingerprint density at radius 2 is 2.27 bits per heavy atom. The summed E-state index contributed by atoms with van der Waals surface area (Å²) in [5.74, 6) is -0.535. The van der Waals surface area contributed by atoms with Crippen molar-refractivity contribution in [3.63, 3.8) is 0 Å². The molecule has 0 saturated heterocycles. The maximum Gasteiger partial charge on any atom is 0.336 e. The minimum absolute atomic E-state index is 0.535. The molecular formula is C5H2FNO3S.